The summed E-state index contributed by atoms with van der Waals surface area (Å²) >= 11 is 3.54. The van der Waals surface area contributed by atoms with Crippen molar-refractivity contribution in [3.05, 3.63) is 33.3 Å². The van der Waals surface area contributed by atoms with Gasteiger partial charge in [-0.2, -0.15) is 0 Å². The molecule has 0 aliphatic rings. The molecular weight excluding hydrogens is 238 g/mol. The maximum atomic E-state index is 3.54. The molecule has 78 valence electrons. The highest BCUT2D eigenvalue weighted by atomic mass is 79.9. The zero-order valence-electron chi connectivity index (χ0n) is 9.15. The molecule has 1 aromatic carbocycles. The molecular formula is C12H18BrN. The number of hydrogen-bond donors (Lipinski definition) is 1. The van der Waals surface area contributed by atoms with Gasteiger partial charge in [-0.05, 0) is 49.6 Å². The average molecular weight is 256 g/mol. The number of halogens is 1. The molecule has 0 atom stereocenters. The Hall–Kier alpha value is -0.340. The molecule has 0 bridgehead atoms. The zero-order valence-corrected chi connectivity index (χ0v) is 10.7. The van der Waals surface area contributed by atoms with Crippen molar-refractivity contribution in [2.45, 2.75) is 33.7 Å². The number of nitrogens with one attached hydrogen (secondary N) is 1. The highest BCUT2D eigenvalue weighted by molar-refractivity contribution is 9.10. The molecule has 2 heteroatoms. The molecule has 0 aliphatic carbocycles. The van der Waals surface area contributed by atoms with E-state index in [0.29, 0.717) is 0 Å². The van der Waals surface area contributed by atoms with E-state index in [2.05, 4.69) is 54.2 Å². The van der Waals surface area contributed by atoms with Gasteiger partial charge in [0.1, 0.15) is 0 Å². The lowest BCUT2D eigenvalue weighted by atomic mass is 10.1. The van der Waals surface area contributed by atoms with Gasteiger partial charge in [0.25, 0.3) is 0 Å². The highest BCUT2D eigenvalue weighted by Crippen LogP contribution is 2.20. The molecule has 0 aliphatic heterocycles. The number of benzene rings is 1. The Morgan fingerprint density at radius 2 is 1.93 bits per heavy atom. The van der Waals surface area contributed by atoms with Gasteiger partial charge < -0.3 is 5.32 Å². The summed E-state index contributed by atoms with van der Waals surface area (Å²) in [7, 11) is 0. The molecule has 0 spiro atoms. The largest absolute Gasteiger partial charge is 0.313 e. The van der Waals surface area contributed by atoms with Crippen molar-refractivity contribution in [2.75, 3.05) is 6.54 Å². The molecule has 0 saturated heterocycles. The van der Waals surface area contributed by atoms with Crippen LogP contribution in [-0.4, -0.2) is 6.54 Å². The minimum atomic E-state index is 0.980. The molecule has 1 rings (SSSR count). The van der Waals surface area contributed by atoms with Crippen molar-refractivity contribution in [3.8, 4) is 0 Å². The third kappa shape index (κ3) is 3.10. The molecule has 0 saturated carbocycles. The Bertz CT molecular complexity index is 307. The van der Waals surface area contributed by atoms with E-state index in [0.717, 1.165) is 13.1 Å². The van der Waals surface area contributed by atoms with Crippen molar-refractivity contribution in [3.63, 3.8) is 0 Å². The van der Waals surface area contributed by atoms with Gasteiger partial charge in [0.15, 0.2) is 0 Å². The minimum Gasteiger partial charge on any atom is -0.313 e. The van der Waals surface area contributed by atoms with E-state index in [1.165, 1.54) is 27.6 Å². The molecule has 1 N–H and O–H groups in total. The fourth-order valence-corrected chi connectivity index (χ4v) is 1.89. The highest BCUT2D eigenvalue weighted by Gasteiger charge is 2.01. The fourth-order valence-electron chi connectivity index (χ4n) is 1.43. The van der Waals surface area contributed by atoms with Crippen molar-refractivity contribution >= 4 is 15.9 Å². The SMILES string of the molecule is CCCNCc1cc(C)c(Br)cc1C. The number of aryl methyl sites for hydroxylation is 2. The van der Waals surface area contributed by atoms with Crippen LogP contribution in [0.25, 0.3) is 0 Å². The van der Waals surface area contributed by atoms with Crippen molar-refractivity contribution in [1.82, 2.24) is 5.32 Å². The van der Waals surface area contributed by atoms with Gasteiger partial charge in [0.05, 0.1) is 0 Å². The predicted octanol–water partition coefficient (Wildman–Crippen LogP) is 3.57. The van der Waals surface area contributed by atoms with E-state index in [1.807, 2.05) is 0 Å². The first-order valence-electron chi connectivity index (χ1n) is 5.11. The Labute approximate surface area is 95.0 Å². The molecule has 14 heavy (non-hydrogen) atoms. The van der Waals surface area contributed by atoms with Gasteiger partial charge >= 0.3 is 0 Å². The Kier molecular flexibility index (Phi) is 4.63. The van der Waals surface area contributed by atoms with Crippen LogP contribution in [0.15, 0.2) is 16.6 Å². The second kappa shape index (κ2) is 5.52. The molecule has 1 nitrogen and oxygen atoms in total. The van der Waals surface area contributed by atoms with Gasteiger partial charge in [-0.25, -0.2) is 0 Å². The first-order valence-corrected chi connectivity index (χ1v) is 5.90. The quantitative estimate of drug-likeness (QED) is 0.812. The fraction of sp³-hybridized carbons (Fsp3) is 0.500. The van der Waals surface area contributed by atoms with E-state index in [-0.39, 0.29) is 0 Å². The van der Waals surface area contributed by atoms with Crippen LogP contribution < -0.4 is 5.32 Å². The van der Waals surface area contributed by atoms with Gasteiger partial charge in [-0.3, -0.25) is 0 Å². The maximum Gasteiger partial charge on any atom is 0.0208 e. The molecule has 0 fully saturated rings. The summed E-state index contributed by atoms with van der Waals surface area (Å²) in [5.74, 6) is 0. The summed E-state index contributed by atoms with van der Waals surface area (Å²) in [6.45, 7) is 8.55. The third-order valence-electron chi connectivity index (χ3n) is 2.36. The second-order valence-electron chi connectivity index (χ2n) is 3.70. The molecule has 0 heterocycles. The van der Waals surface area contributed by atoms with Gasteiger partial charge in [0.2, 0.25) is 0 Å². The monoisotopic (exact) mass is 255 g/mol. The van der Waals surface area contributed by atoms with Crippen LogP contribution in [0.5, 0.6) is 0 Å². The van der Waals surface area contributed by atoms with Crippen LogP contribution in [-0.2, 0) is 6.54 Å². The first-order chi connectivity index (χ1) is 6.65. The third-order valence-corrected chi connectivity index (χ3v) is 3.21. The van der Waals surface area contributed by atoms with E-state index in [4.69, 9.17) is 0 Å². The Morgan fingerprint density at radius 3 is 2.57 bits per heavy atom. The maximum absolute atomic E-state index is 3.54. The van der Waals surface area contributed by atoms with Crippen LogP contribution in [0.1, 0.15) is 30.0 Å². The summed E-state index contributed by atoms with van der Waals surface area (Å²) in [5, 5.41) is 3.42. The second-order valence-corrected chi connectivity index (χ2v) is 4.56. The van der Waals surface area contributed by atoms with Crippen LogP contribution in [0.2, 0.25) is 0 Å². The van der Waals surface area contributed by atoms with E-state index < -0.39 is 0 Å². The minimum absolute atomic E-state index is 0.980. The summed E-state index contributed by atoms with van der Waals surface area (Å²) in [5.41, 5.74) is 4.06. The smallest absolute Gasteiger partial charge is 0.0208 e. The average Bonchev–Trinajstić information content (AvgIpc) is 2.14. The number of hydrogen-bond acceptors (Lipinski definition) is 1. The van der Waals surface area contributed by atoms with Gasteiger partial charge in [-0.1, -0.05) is 28.9 Å². The summed E-state index contributed by atoms with van der Waals surface area (Å²) in [4.78, 5) is 0. The van der Waals surface area contributed by atoms with E-state index >= 15 is 0 Å². The van der Waals surface area contributed by atoms with Crippen LogP contribution >= 0.6 is 15.9 Å². The summed E-state index contributed by atoms with van der Waals surface area (Å²) in [6, 6.07) is 4.44. The standard InChI is InChI=1S/C12H18BrN/c1-4-5-14-8-11-6-10(3)12(13)7-9(11)2/h6-7,14H,4-5,8H2,1-3H3. The molecule has 0 aromatic heterocycles. The molecule has 0 unspecified atom stereocenters. The lowest BCUT2D eigenvalue weighted by Crippen LogP contribution is -2.14. The van der Waals surface area contributed by atoms with Gasteiger partial charge in [0, 0.05) is 11.0 Å². The van der Waals surface area contributed by atoms with Crippen molar-refractivity contribution in [2.24, 2.45) is 0 Å². The van der Waals surface area contributed by atoms with E-state index in [9.17, 15) is 0 Å². The first kappa shape index (κ1) is 11.7. The van der Waals surface area contributed by atoms with E-state index in [1.54, 1.807) is 0 Å². The van der Waals surface area contributed by atoms with Crippen LogP contribution in [0.4, 0.5) is 0 Å². The molecule has 1 aromatic rings. The lowest BCUT2D eigenvalue weighted by Gasteiger charge is -2.09. The molecule has 0 radical (unpaired) electrons. The number of rotatable bonds is 4. The Balaban J connectivity index is 2.72. The van der Waals surface area contributed by atoms with Crippen molar-refractivity contribution < 1.29 is 0 Å². The lowest BCUT2D eigenvalue weighted by molar-refractivity contribution is 0.673. The molecule has 0 amide bonds. The Morgan fingerprint density at radius 1 is 1.21 bits per heavy atom. The van der Waals surface area contributed by atoms with Crippen LogP contribution in [0, 0.1) is 13.8 Å². The predicted molar refractivity (Wildman–Crippen MR) is 65.6 cm³/mol. The van der Waals surface area contributed by atoms with Crippen molar-refractivity contribution in [1.29, 1.82) is 0 Å². The van der Waals surface area contributed by atoms with Crippen LogP contribution in [0.3, 0.4) is 0 Å². The summed E-state index contributed by atoms with van der Waals surface area (Å²) in [6.07, 6.45) is 1.19. The zero-order chi connectivity index (χ0) is 10.6. The summed E-state index contributed by atoms with van der Waals surface area (Å²) < 4.78 is 1.20. The topological polar surface area (TPSA) is 12.0 Å². The normalized spacial score (nSPS) is 10.6. The van der Waals surface area contributed by atoms with Gasteiger partial charge in [-0.15, -0.1) is 0 Å².